The van der Waals surface area contributed by atoms with E-state index in [2.05, 4.69) is 4.98 Å². The van der Waals surface area contributed by atoms with E-state index in [4.69, 9.17) is 10.7 Å². The van der Waals surface area contributed by atoms with Gasteiger partial charge in [-0.3, -0.25) is 9.78 Å². The van der Waals surface area contributed by atoms with Crippen molar-refractivity contribution in [2.45, 2.75) is 25.4 Å². The van der Waals surface area contributed by atoms with Gasteiger partial charge in [0.25, 0.3) is 5.91 Å². The molecule has 1 fully saturated rings. The van der Waals surface area contributed by atoms with Gasteiger partial charge in [0.15, 0.2) is 0 Å². The first-order valence-electron chi connectivity index (χ1n) is 8.16. The van der Waals surface area contributed by atoms with E-state index in [0.29, 0.717) is 23.8 Å². The molecular weight excluding hydrogens is 300 g/mol. The second-order valence-corrected chi connectivity index (χ2v) is 6.45. The molecule has 1 aliphatic heterocycles. The van der Waals surface area contributed by atoms with Gasteiger partial charge in [-0.2, -0.15) is 0 Å². The highest BCUT2D eigenvalue weighted by atomic mass is 16.2. The summed E-state index contributed by atoms with van der Waals surface area (Å²) in [6, 6.07) is 10.2. The molecule has 0 spiro atoms. The molecule has 0 saturated heterocycles. The van der Waals surface area contributed by atoms with Crippen molar-refractivity contribution in [3.63, 3.8) is 0 Å². The Bertz CT molecular complexity index is 980. The number of rotatable bonds is 2. The zero-order valence-corrected chi connectivity index (χ0v) is 13.1. The smallest absolute Gasteiger partial charge is 0.258 e. The molecule has 5 nitrogen and oxygen atoms in total. The lowest BCUT2D eigenvalue weighted by molar-refractivity contribution is 0.0767. The van der Waals surface area contributed by atoms with Crippen molar-refractivity contribution in [1.82, 2.24) is 14.9 Å². The third-order valence-electron chi connectivity index (χ3n) is 4.89. The summed E-state index contributed by atoms with van der Waals surface area (Å²) in [5.41, 5.74) is 11.2. The van der Waals surface area contributed by atoms with Crippen LogP contribution in [0.2, 0.25) is 0 Å². The number of hydrogen-bond acceptors (Lipinski definition) is 4. The number of anilines is 1. The first-order chi connectivity index (χ1) is 11.7. The summed E-state index contributed by atoms with van der Waals surface area (Å²) in [5.74, 6) is 0.0335. The maximum atomic E-state index is 12.7. The Kier molecular flexibility index (Phi) is 2.68. The van der Waals surface area contributed by atoms with Crippen molar-refractivity contribution < 1.29 is 4.79 Å². The molecule has 3 heterocycles. The van der Waals surface area contributed by atoms with Crippen LogP contribution in [0.4, 0.5) is 5.69 Å². The molecule has 118 valence electrons. The second kappa shape index (κ2) is 4.77. The zero-order chi connectivity index (χ0) is 16.3. The SMILES string of the molecule is Nc1c2c(nc3c(-c4cccnc4)cccc13)CN(C1CC1)C2=O. The van der Waals surface area contributed by atoms with E-state index >= 15 is 0 Å². The number of benzene rings is 1. The number of hydrogen-bond donors (Lipinski definition) is 1. The molecule has 1 amide bonds. The summed E-state index contributed by atoms with van der Waals surface area (Å²) in [6.07, 6.45) is 5.74. The zero-order valence-electron chi connectivity index (χ0n) is 13.1. The molecule has 0 bridgehead atoms. The van der Waals surface area contributed by atoms with Crippen LogP contribution in [0, 0.1) is 0 Å². The molecule has 2 aromatic heterocycles. The Labute approximate surface area is 139 Å². The maximum Gasteiger partial charge on any atom is 0.258 e. The fourth-order valence-electron chi connectivity index (χ4n) is 3.53. The Morgan fingerprint density at radius 3 is 2.79 bits per heavy atom. The molecule has 5 rings (SSSR count). The summed E-state index contributed by atoms with van der Waals surface area (Å²) in [7, 11) is 0. The lowest BCUT2D eigenvalue weighted by Gasteiger charge is -2.13. The minimum Gasteiger partial charge on any atom is -0.397 e. The van der Waals surface area contributed by atoms with Crippen LogP contribution in [0.1, 0.15) is 28.9 Å². The van der Waals surface area contributed by atoms with Crippen molar-refractivity contribution in [3.8, 4) is 11.1 Å². The van der Waals surface area contributed by atoms with E-state index in [0.717, 1.165) is 40.6 Å². The van der Waals surface area contributed by atoms with Crippen LogP contribution in [0.5, 0.6) is 0 Å². The number of nitrogen functional groups attached to an aromatic ring is 1. The van der Waals surface area contributed by atoms with Gasteiger partial charge in [-0.15, -0.1) is 0 Å². The van der Waals surface area contributed by atoms with E-state index < -0.39 is 0 Å². The number of nitrogens with two attached hydrogens (primary N) is 1. The van der Waals surface area contributed by atoms with Crippen LogP contribution in [-0.4, -0.2) is 26.8 Å². The highest BCUT2D eigenvalue weighted by Gasteiger charge is 2.40. The van der Waals surface area contributed by atoms with Crippen molar-refractivity contribution in [2.75, 3.05) is 5.73 Å². The van der Waals surface area contributed by atoms with E-state index in [-0.39, 0.29) is 5.91 Å². The highest BCUT2D eigenvalue weighted by molar-refractivity contribution is 6.11. The van der Waals surface area contributed by atoms with Gasteiger partial charge in [0.1, 0.15) is 0 Å². The number of pyridine rings is 2. The summed E-state index contributed by atoms with van der Waals surface area (Å²) >= 11 is 0. The average molecular weight is 316 g/mol. The van der Waals surface area contributed by atoms with Gasteiger partial charge in [0.05, 0.1) is 29.0 Å². The Balaban J connectivity index is 1.75. The lowest BCUT2D eigenvalue weighted by atomic mass is 10.0. The van der Waals surface area contributed by atoms with E-state index in [1.54, 1.807) is 6.20 Å². The summed E-state index contributed by atoms with van der Waals surface area (Å²) in [6.45, 7) is 0.570. The topological polar surface area (TPSA) is 72.1 Å². The predicted molar refractivity (Wildman–Crippen MR) is 92.3 cm³/mol. The molecule has 1 saturated carbocycles. The molecule has 1 aliphatic carbocycles. The van der Waals surface area contributed by atoms with E-state index in [1.165, 1.54) is 0 Å². The normalized spacial score (nSPS) is 16.7. The number of aromatic nitrogens is 2. The van der Waals surface area contributed by atoms with Gasteiger partial charge < -0.3 is 10.6 Å². The third-order valence-corrected chi connectivity index (χ3v) is 4.89. The Morgan fingerprint density at radius 2 is 2.04 bits per heavy atom. The van der Waals surface area contributed by atoms with Crippen LogP contribution < -0.4 is 5.73 Å². The van der Waals surface area contributed by atoms with Gasteiger partial charge in [-0.05, 0) is 18.9 Å². The highest BCUT2D eigenvalue weighted by Crippen LogP contribution is 2.39. The van der Waals surface area contributed by atoms with Gasteiger partial charge in [0.2, 0.25) is 0 Å². The predicted octanol–water partition coefficient (Wildman–Crippen LogP) is 3.00. The lowest BCUT2D eigenvalue weighted by Crippen LogP contribution is -2.26. The largest absolute Gasteiger partial charge is 0.397 e. The standard InChI is InChI=1S/C19H16N4O/c20-17-14-5-1-4-13(11-3-2-8-21-9-11)18(14)22-15-10-23(12-6-7-12)19(24)16(15)17/h1-5,8-9,12H,6-7,10H2,(H2,20,22). The van der Waals surface area contributed by atoms with Crippen LogP contribution in [-0.2, 0) is 6.54 Å². The van der Waals surface area contributed by atoms with Crippen LogP contribution in [0.15, 0.2) is 42.7 Å². The van der Waals surface area contributed by atoms with Gasteiger partial charge in [-0.25, -0.2) is 4.98 Å². The van der Waals surface area contributed by atoms with Gasteiger partial charge >= 0.3 is 0 Å². The quantitative estimate of drug-likeness (QED) is 0.789. The van der Waals surface area contributed by atoms with Gasteiger partial charge in [-0.1, -0.05) is 24.3 Å². The second-order valence-electron chi connectivity index (χ2n) is 6.45. The number of amides is 1. The summed E-state index contributed by atoms with van der Waals surface area (Å²) < 4.78 is 0. The van der Waals surface area contributed by atoms with E-state index in [9.17, 15) is 4.79 Å². The van der Waals surface area contributed by atoms with Crippen LogP contribution >= 0.6 is 0 Å². The number of carbonyl (C=O) groups is 1. The monoisotopic (exact) mass is 316 g/mol. The maximum absolute atomic E-state index is 12.7. The minimum atomic E-state index is 0.0335. The van der Waals surface area contributed by atoms with Gasteiger partial charge in [0, 0.05) is 34.9 Å². The number of para-hydroxylation sites is 1. The first kappa shape index (κ1) is 13.5. The number of fused-ring (bicyclic) bond motifs is 2. The minimum absolute atomic E-state index is 0.0335. The Morgan fingerprint density at radius 1 is 1.17 bits per heavy atom. The van der Waals surface area contributed by atoms with E-state index in [1.807, 2.05) is 41.4 Å². The fourth-order valence-corrected chi connectivity index (χ4v) is 3.53. The number of carbonyl (C=O) groups excluding carboxylic acids is 1. The summed E-state index contributed by atoms with van der Waals surface area (Å²) in [4.78, 5) is 23.6. The average Bonchev–Trinajstić information content (AvgIpc) is 3.40. The number of nitrogens with zero attached hydrogens (tertiary/aromatic N) is 3. The summed E-state index contributed by atoms with van der Waals surface area (Å²) in [5, 5.41) is 0.834. The molecule has 24 heavy (non-hydrogen) atoms. The van der Waals surface area contributed by atoms with Crippen molar-refractivity contribution in [3.05, 3.63) is 54.0 Å². The Hall–Kier alpha value is -2.95. The molecule has 5 heteroatoms. The molecule has 0 atom stereocenters. The molecule has 0 radical (unpaired) electrons. The van der Waals surface area contributed by atoms with Crippen molar-refractivity contribution in [1.29, 1.82) is 0 Å². The van der Waals surface area contributed by atoms with Crippen molar-refractivity contribution in [2.24, 2.45) is 0 Å². The first-order valence-corrected chi connectivity index (χ1v) is 8.16. The third kappa shape index (κ3) is 1.84. The van der Waals surface area contributed by atoms with Crippen LogP contribution in [0.3, 0.4) is 0 Å². The van der Waals surface area contributed by atoms with Crippen LogP contribution in [0.25, 0.3) is 22.0 Å². The fraction of sp³-hybridized carbons (Fsp3) is 0.211. The molecule has 3 aromatic rings. The molecule has 2 aliphatic rings. The van der Waals surface area contributed by atoms with Crippen molar-refractivity contribution >= 4 is 22.5 Å². The molecule has 2 N–H and O–H groups in total. The molecule has 0 unspecified atom stereocenters. The molecular formula is C19H16N4O. The molecule has 1 aromatic carbocycles.